The molecule has 5 heterocycles. The Morgan fingerprint density at radius 2 is 1.68 bits per heavy atom. The number of ether oxygens (including phenoxy) is 2. The van der Waals surface area contributed by atoms with E-state index in [-0.39, 0.29) is 115 Å². The number of Topliss-reactive ketones (excluding diaryl/α,β-unsaturated/α-hetero) is 3. The number of carboxylic acid groups (broad SMARTS) is 2. The number of primary amides is 1. The maximum atomic E-state index is 14.4. The summed E-state index contributed by atoms with van der Waals surface area (Å²) in [5.74, 6) is -9.23. The number of allylic oxidation sites excluding steroid dienone is 1. The summed E-state index contributed by atoms with van der Waals surface area (Å²) in [6.45, 7) is 5.02. The molecule has 3 aliphatic heterocycles. The van der Waals surface area contributed by atoms with Crippen molar-refractivity contribution in [2.45, 2.75) is 102 Å². The molecule has 1 aromatic carbocycles. The van der Waals surface area contributed by atoms with Gasteiger partial charge in [0.05, 0.1) is 48.1 Å². The molecule has 17 N–H and O–H groups in total. The zero-order valence-corrected chi connectivity index (χ0v) is 48.8. The van der Waals surface area contributed by atoms with Crippen LogP contribution < -0.4 is 60.0 Å². The van der Waals surface area contributed by atoms with Crippen molar-refractivity contribution in [3.05, 3.63) is 63.3 Å². The molecule has 2 aromatic heterocycles. The lowest BCUT2D eigenvalue weighted by molar-refractivity contribution is -0.147. The first-order valence-electron chi connectivity index (χ1n) is 27.5. The van der Waals surface area contributed by atoms with E-state index in [1.54, 1.807) is 19.1 Å². The maximum absolute atomic E-state index is 14.4. The molecule has 0 radical (unpaired) electrons. The third-order valence-electron chi connectivity index (χ3n) is 15.7. The van der Waals surface area contributed by atoms with Gasteiger partial charge in [-0.05, 0) is 69.7 Å². The Balaban J connectivity index is 0.952. The smallest absolute Gasteiger partial charge is 0.404 e. The van der Waals surface area contributed by atoms with Crippen LogP contribution in [-0.2, 0) is 49.6 Å². The standard InChI is InChI=1S/C53H72N16O14S2/c1-24(33(6-5-13-59-50(54)55)65-36(71)12-9-28(49(79)80)17-35(70)27-7-10-30(11-8-27)60-18-31-19-61-45-40(64-31)48(78)68-51(56)67-45)16-29(47(77)63-26(3)46(76)62-20-37(72)73)23-85-84-15-14-58-39-25(2)42(74)41-38(43(39)75)32(22-83-52(57)81)53(82-4)44-34(66-44)21-69(41)53/h7-8,10-11,19,24,26,28-29,32-34,38,41,44,58,60,66H,5-6,9,12-18,20-23H2,1-4H3,(H2,57,81)(H,62,76)(H,63,77)(H,65,71)(H,72,73)(H,79,80)(H4,54,55,59)(H3,56,61,67,68,78)/t24?,26-,28+,29-,32+,33-,34-,38?,41?,44-,53+/m0/s1. The van der Waals surface area contributed by atoms with E-state index < -0.39 is 114 Å². The minimum Gasteiger partial charge on any atom is -0.481 e. The Morgan fingerprint density at radius 3 is 2.36 bits per heavy atom. The number of anilines is 2. The van der Waals surface area contributed by atoms with Gasteiger partial charge in [0.1, 0.15) is 24.9 Å². The van der Waals surface area contributed by atoms with Gasteiger partial charge < -0.3 is 74.1 Å². The number of fused-ring (bicyclic) bond motifs is 6. The van der Waals surface area contributed by atoms with Crippen LogP contribution >= 0.6 is 21.6 Å². The van der Waals surface area contributed by atoms with Crippen LogP contribution in [0.25, 0.3) is 11.2 Å². The lowest BCUT2D eigenvalue weighted by Crippen LogP contribution is -2.56. The van der Waals surface area contributed by atoms with Crippen molar-refractivity contribution >= 4 is 103 Å². The number of carbonyl (C=O) groups is 9. The minimum atomic E-state index is -1.28. The third-order valence-corrected chi connectivity index (χ3v) is 18.1. The van der Waals surface area contributed by atoms with Gasteiger partial charge in [-0.3, -0.25) is 58.4 Å². The second-order valence-corrected chi connectivity index (χ2v) is 24.0. The van der Waals surface area contributed by atoms with Gasteiger partial charge in [0, 0.05) is 91.8 Å². The average Bonchev–Trinajstić information content (AvgIpc) is 1.52. The molecule has 3 aromatic rings. The van der Waals surface area contributed by atoms with Crippen molar-refractivity contribution in [2.75, 3.05) is 62.5 Å². The second kappa shape index (κ2) is 28.8. The first kappa shape index (κ1) is 64.6. The lowest BCUT2D eigenvalue weighted by atomic mass is 9.74. The van der Waals surface area contributed by atoms with Gasteiger partial charge in [-0.2, -0.15) is 4.98 Å². The number of methoxy groups -OCH3 is 1. The van der Waals surface area contributed by atoms with Crippen LogP contribution in [0.15, 0.2) is 46.5 Å². The molecule has 3 fully saturated rings. The number of guanidine groups is 1. The molecule has 4 amide bonds. The average molecular weight is 1220 g/mol. The Hall–Kier alpha value is -7.94. The predicted molar refractivity (Wildman–Crippen MR) is 311 cm³/mol. The minimum absolute atomic E-state index is 0.0128. The van der Waals surface area contributed by atoms with E-state index in [2.05, 4.69) is 57.2 Å². The molecule has 11 atom stereocenters. The monoisotopic (exact) mass is 1220 g/mol. The van der Waals surface area contributed by atoms with E-state index in [4.69, 9.17) is 37.2 Å². The highest BCUT2D eigenvalue weighted by Crippen LogP contribution is 2.56. The number of carbonyl (C=O) groups excluding carboxylic acids is 7. The van der Waals surface area contributed by atoms with Gasteiger partial charge in [-0.15, -0.1) is 0 Å². The first-order chi connectivity index (χ1) is 40.4. The number of nitrogen functional groups attached to an aromatic ring is 1. The van der Waals surface area contributed by atoms with Crippen LogP contribution in [0.3, 0.4) is 0 Å². The second-order valence-electron chi connectivity index (χ2n) is 21.4. The fourth-order valence-corrected chi connectivity index (χ4v) is 13.6. The number of H-pyrrole nitrogens is 1. The molecule has 7 rings (SSSR count). The molecule has 0 bridgehead atoms. The van der Waals surface area contributed by atoms with E-state index >= 15 is 0 Å². The van der Waals surface area contributed by atoms with E-state index in [0.717, 1.165) is 0 Å². The van der Waals surface area contributed by atoms with Crippen LogP contribution in [0.4, 0.5) is 16.4 Å². The largest absolute Gasteiger partial charge is 0.481 e. The number of aromatic nitrogens is 4. The number of hydrogen-bond donors (Lipinski definition) is 14. The van der Waals surface area contributed by atoms with E-state index in [1.165, 1.54) is 54.0 Å². The summed E-state index contributed by atoms with van der Waals surface area (Å²) in [7, 11) is 4.19. The number of rotatable bonds is 33. The SMILES string of the molecule is CO[C@@]12[C@H](COC(N)=O)C3C(=O)C(NCCSSC[C@H](CC(C)[C@H](CCCNC(=N)N)NC(=O)CC[C@H](CC(=O)c4ccc(NCc5cnc6nc(N)[nH]c(=O)c6n5)cc4)C(=O)O)C(=O)N[C@@H](C)C(=O)NCC(=O)O)=C(C)C(=O)C3N1C[C@@H]1N[C@@H]12. The topological polar surface area (TPSA) is 483 Å². The fourth-order valence-electron chi connectivity index (χ4n) is 11.3. The highest BCUT2D eigenvalue weighted by Gasteiger charge is 2.76. The lowest BCUT2D eigenvalue weighted by Gasteiger charge is -2.38. The van der Waals surface area contributed by atoms with Gasteiger partial charge >= 0.3 is 18.0 Å². The summed E-state index contributed by atoms with van der Waals surface area (Å²) in [4.78, 5) is 147. The summed E-state index contributed by atoms with van der Waals surface area (Å²) in [5.41, 5.74) is 16.6. The molecule has 3 unspecified atom stereocenters. The number of benzene rings is 1. The van der Waals surface area contributed by atoms with Gasteiger partial charge in [0.2, 0.25) is 23.7 Å². The molecule has 1 aliphatic carbocycles. The number of aliphatic carboxylic acids is 2. The summed E-state index contributed by atoms with van der Waals surface area (Å²) in [6, 6.07) is 3.61. The number of carboxylic acids is 2. The number of nitrogens with zero attached hydrogens (tertiary/aromatic N) is 4. The molecule has 3 saturated heterocycles. The predicted octanol–water partition coefficient (Wildman–Crippen LogP) is -0.837. The van der Waals surface area contributed by atoms with Crippen LogP contribution in [0.1, 0.15) is 75.3 Å². The number of aromatic amines is 1. The maximum Gasteiger partial charge on any atom is 0.404 e. The fraction of sp³-hybridized carbons (Fsp3) is 0.547. The van der Waals surface area contributed by atoms with Crippen LogP contribution in [0, 0.1) is 35.0 Å². The number of piperazine rings is 1. The number of nitrogens with two attached hydrogens (primary N) is 3. The van der Waals surface area contributed by atoms with Crippen molar-refractivity contribution in [1.29, 1.82) is 5.41 Å². The molecule has 30 nitrogen and oxygen atoms in total. The number of ketones is 3. The summed E-state index contributed by atoms with van der Waals surface area (Å²) in [6.07, 6.45) is 0.451. The van der Waals surface area contributed by atoms with E-state index in [0.29, 0.717) is 36.5 Å². The van der Waals surface area contributed by atoms with Crippen molar-refractivity contribution in [1.82, 2.24) is 56.7 Å². The van der Waals surface area contributed by atoms with Gasteiger partial charge in [-0.25, -0.2) is 14.8 Å². The molecular weight excluding hydrogens is 1150 g/mol. The molecule has 32 heteroatoms. The summed E-state index contributed by atoms with van der Waals surface area (Å²) in [5, 5.41) is 47.1. The van der Waals surface area contributed by atoms with Crippen LogP contribution in [-0.4, -0.2) is 181 Å². The van der Waals surface area contributed by atoms with Crippen molar-refractivity contribution < 1.29 is 62.8 Å². The molecule has 0 spiro atoms. The Kier molecular flexibility index (Phi) is 21.9. The Bertz CT molecular complexity index is 3150. The van der Waals surface area contributed by atoms with Gasteiger partial charge in [-0.1, -0.05) is 28.5 Å². The first-order valence-corrected chi connectivity index (χ1v) is 30.0. The van der Waals surface area contributed by atoms with Gasteiger partial charge in [0.25, 0.3) is 5.56 Å². The Labute approximate surface area is 495 Å². The molecule has 460 valence electrons. The normalized spacial score (nSPS) is 22.1. The molecule has 85 heavy (non-hydrogen) atoms. The molecular formula is C53H72N16O14S2. The van der Waals surface area contributed by atoms with E-state index in [9.17, 15) is 53.1 Å². The zero-order chi connectivity index (χ0) is 61.9. The van der Waals surface area contributed by atoms with Crippen molar-refractivity contribution in [3.63, 3.8) is 0 Å². The van der Waals surface area contributed by atoms with Crippen LogP contribution in [0.2, 0.25) is 0 Å². The zero-order valence-electron chi connectivity index (χ0n) is 47.2. The molecule has 4 aliphatic rings. The molecule has 0 saturated carbocycles. The number of hydrogen-bond acceptors (Lipinski definition) is 23. The van der Waals surface area contributed by atoms with E-state index in [1.807, 2.05) is 11.8 Å². The quantitative estimate of drug-likeness (QED) is 0.00883. The van der Waals surface area contributed by atoms with Crippen molar-refractivity contribution in [3.8, 4) is 0 Å². The van der Waals surface area contributed by atoms with Crippen molar-refractivity contribution in [2.24, 2.45) is 41.1 Å². The number of amides is 4. The third kappa shape index (κ3) is 15.9. The van der Waals surface area contributed by atoms with Gasteiger partial charge in [0.15, 0.2) is 34.5 Å². The van der Waals surface area contributed by atoms with Crippen LogP contribution in [0.5, 0.6) is 0 Å². The summed E-state index contributed by atoms with van der Waals surface area (Å²) < 4.78 is 11.3. The summed E-state index contributed by atoms with van der Waals surface area (Å²) >= 11 is 0. The highest BCUT2D eigenvalue weighted by molar-refractivity contribution is 8.76. The highest BCUT2D eigenvalue weighted by atomic mass is 33.1. The Morgan fingerprint density at radius 1 is 0.941 bits per heavy atom. The number of nitrogens with one attached hydrogen (secondary N) is 9.